The first kappa shape index (κ1) is 15.6. The van der Waals surface area contributed by atoms with Crippen molar-refractivity contribution in [1.82, 2.24) is 0 Å². The number of nitrogens with zero attached hydrogens (tertiary/aromatic N) is 1. The van der Waals surface area contributed by atoms with Crippen LogP contribution in [0.25, 0.3) is 5.70 Å². The molecule has 0 fully saturated rings. The Hall–Kier alpha value is -2.95. The molecule has 0 saturated carbocycles. The van der Waals surface area contributed by atoms with Crippen LogP contribution in [-0.2, 0) is 9.53 Å². The Labute approximate surface area is 145 Å². The van der Waals surface area contributed by atoms with Crippen molar-refractivity contribution in [2.45, 2.75) is 19.8 Å². The zero-order valence-corrected chi connectivity index (χ0v) is 14.0. The lowest BCUT2D eigenvalue weighted by Gasteiger charge is -2.28. The number of furan rings is 1. The van der Waals surface area contributed by atoms with E-state index in [4.69, 9.17) is 9.15 Å². The van der Waals surface area contributed by atoms with Crippen molar-refractivity contribution in [3.63, 3.8) is 0 Å². The number of ketones is 1. The summed E-state index contributed by atoms with van der Waals surface area (Å²) in [5.74, 6) is -1.11. The fourth-order valence-corrected chi connectivity index (χ4v) is 3.66. The van der Waals surface area contributed by atoms with Crippen molar-refractivity contribution in [2.24, 2.45) is 10.9 Å². The summed E-state index contributed by atoms with van der Waals surface area (Å²) in [6.07, 6.45) is 1.55. The van der Waals surface area contributed by atoms with Crippen LogP contribution in [0.3, 0.4) is 0 Å². The summed E-state index contributed by atoms with van der Waals surface area (Å²) in [4.78, 5) is 30.3. The van der Waals surface area contributed by atoms with Crippen LogP contribution in [0.1, 0.15) is 41.4 Å². The molecule has 2 aliphatic rings. The molecule has 0 amide bonds. The van der Waals surface area contributed by atoms with Gasteiger partial charge in [-0.1, -0.05) is 24.3 Å². The fourth-order valence-electron chi connectivity index (χ4n) is 3.66. The zero-order valence-electron chi connectivity index (χ0n) is 14.0. The van der Waals surface area contributed by atoms with Gasteiger partial charge >= 0.3 is 5.97 Å². The van der Waals surface area contributed by atoms with Gasteiger partial charge in [-0.15, -0.1) is 0 Å². The molecule has 5 heteroatoms. The van der Waals surface area contributed by atoms with Crippen molar-refractivity contribution < 1.29 is 18.7 Å². The van der Waals surface area contributed by atoms with E-state index in [1.54, 1.807) is 38.3 Å². The zero-order chi connectivity index (χ0) is 17.6. The number of carbonyl (C=O) groups excluding carboxylic acids is 2. The van der Waals surface area contributed by atoms with Gasteiger partial charge in [0.15, 0.2) is 5.78 Å². The second-order valence-electron chi connectivity index (χ2n) is 6.11. The van der Waals surface area contributed by atoms with E-state index in [1.165, 1.54) is 0 Å². The lowest BCUT2D eigenvalue weighted by atomic mass is 9.78. The molecule has 0 bridgehead atoms. The molecule has 0 spiro atoms. The molecule has 1 unspecified atom stereocenters. The number of benzene rings is 1. The van der Waals surface area contributed by atoms with Crippen molar-refractivity contribution in [1.29, 1.82) is 0 Å². The van der Waals surface area contributed by atoms with Gasteiger partial charge in [-0.05, 0) is 26.0 Å². The first-order chi connectivity index (χ1) is 12.1. The van der Waals surface area contributed by atoms with Gasteiger partial charge in [-0.3, -0.25) is 14.6 Å². The number of hydrogen-bond acceptors (Lipinski definition) is 5. The van der Waals surface area contributed by atoms with Gasteiger partial charge in [0.25, 0.3) is 0 Å². The average molecular weight is 335 g/mol. The number of aliphatic imine (C=N–C) groups is 1. The van der Waals surface area contributed by atoms with Gasteiger partial charge in [-0.2, -0.15) is 0 Å². The highest BCUT2D eigenvalue weighted by molar-refractivity contribution is 6.24. The van der Waals surface area contributed by atoms with Crippen LogP contribution in [-0.4, -0.2) is 24.1 Å². The molecule has 2 aromatic rings. The number of rotatable bonds is 3. The van der Waals surface area contributed by atoms with Gasteiger partial charge < -0.3 is 9.15 Å². The predicted molar refractivity (Wildman–Crippen MR) is 92.4 cm³/mol. The highest BCUT2D eigenvalue weighted by atomic mass is 16.5. The highest BCUT2D eigenvalue weighted by Gasteiger charge is 2.47. The minimum Gasteiger partial charge on any atom is -0.469 e. The Morgan fingerprint density at radius 2 is 1.96 bits per heavy atom. The fraction of sp³-hybridized carbons (Fsp3) is 0.250. The van der Waals surface area contributed by atoms with E-state index in [2.05, 4.69) is 4.99 Å². The van der Waals surface area contributed by atoms with Crippen molar-refractivity contribution in [3.05, 3.63) is 65.1 Å². The maximum absolute atomic E-state index is 13.0. The summed E-state index contributed by atoms with van der Waals surface area (Å²) in [7, 11) is 0. The molecular weight excluding hydrogens is 318 g/mol. The first-order valence-electron chi connectivity index (χ1n) is 8.27. The van der Waals surface area contributed by atoms with Crippen LogP contribution < -0.4 is 0 Å². The predicted octanol–water partition coefficient (Wildman–Crippen LogP) is 3.62. The molecule has 1 aliphatic carbocycles. The largest absolute Gasteiger partial charge is 0.469 e. The molecule has 0 radical (unpaired) electrons. The lowest BCUT2D eigenvalue weighted by molar-refractivity contribution is -0.146. The van der Waals surface area contributed by atoms with E-state index in [9.17, 15) is 9.59 Å². The summed E-state index contributed by atoms with van der Waals surface area (Å²) in [5, 5.41) is 0. The Morgan fingerprint density at radius 3 is 2.64 bits per heavy atom. The summed E-state index contributed by atoms with van der Waals surface area (Å²) in [6.45, 7) is 3.83. The third-order valence-electron chi connectivity index (χ3n) is 4.70. The van der Waals surface area contributed by atoms with Gasteiger partial charge in [0.05, 0.1) is 24.5 Å². The van der Waals surface area contributed by atoms with Gasteiger partial charge in [0.1, 0.15) is 11.7 Å². The third kappa shape index (κ3) is 2.27. The normalized spacial score (nSPS) is 21.7. The smallest absolute Gasteiger partial charge is 0.315 e. The average Bonchev–Trinajstić information content (AvgIpc) is 3.22. The summed E-state index contributed by atoms with van der Waals surface area (Å²) >= 11 is 0. The third-order valence-corrected chi connectivity index (χ3v) is 4.70. The molecule has 0 saturated heterocycles. The SMILES string of the molecule is CCOC(=O)C1C(C)=NC2=C(C(=O)c3ccccc32)[C@H]1c1ccco1. The number of carbonyl (C=O) groups is 2. The minimum atomic E-state index is -0.664. The van der Waals surface area contributed by atoms with Crippen LogP contribution in [0.5, 0.6) is 0 Å². The Kier molecular flexibility index (Phi) is 3.64. The molecule has 1 aromatic heterocycles. The maximum atomic E-state index is 13.0. The molecule has 2 heterocycles. The molecule has 5 nitrogen and oxygen atoms in total. The second kappa shape index (κ2) is 5.84. The standard InChI is InChI=1S/C20H17NO4/c1-3-24-20(23)15-11(2)21-18-12-7-4-5-8-13(12)19(22)17(18)16(15)14-9-6-10-25-14/h4-10,15-16H,3H2,1-2H3/t15?,16-/m0/s1. The van der Waals surface area contributed by atoms with Crippen LogP contribution in [0.15, 0.2) is 57.6 Å². The van der Waals surface area contributed by atoms with Gasteiger partial charge in [-0.25, -0.2) is 0 Å². The minimum absolute atomic E-state index is 0.0995. The van der Waals surface area contributed by atoms with E-state index in [1.807, 2.05) is 18.2 Å². The molecule has 1 aliphatic heterocycles. The summed E-state index contributed by atoms with van der Waals surface area (Å²) in [6, 6.07) is 10.9. The van der Waals surface area contributed by atoms with Crippen LogP contribution in [0, 0.1) is 5.92 Å². The number of Topliss-reactive ketones (excluding diaryl/α,β-unsaturated/α-hetero) is 1. The van der Waals surface area contributed by atoms with Crippen molar-refractivity contribution >= 4 is 23.2 Å². The lowest BCUT2D eigenvalue weighted by Crippen LogP contribution is -2.34. The van der Waals surface area contributed by atoms with E-state index in [0.29, 0.717) is 28.3 Å². The van der Waals surface area contributed by atoms with E-state index in [-0.39, 0.29) is 18.4 Å². The Bertz CT molecular complexity index is 921. The number of ether oxygens (including phenoxy) is 1. The van der Waals surface area contributed by atoms with Crippen molar-refractivity contribution in [3.8, 4) is 0 Å². The maximum Gasteiger partial charge on any atom is 0.315 e. The Morgan fingerprint density at radius 1 is 1.20 bits per heavy atom. The number of esters is 1. The summed E-state index contributed by atoms with van der Waals surface area (Å²) in [5.41, 5.74) is 3.20. The molecule has 1 aromatic carbocycles. The van der Waals surface area contributed by atoms with E-state index >= 15 is 0 Å². The molecule has 25 heavy (non-hydrogen) atoms. The Balaban J connectivity index is 1.91. The van der Waals surface area contributed by atoms with E-state index in [0.717, 1.165) is 5.56 Å². The second-order valence-corrected chi connectivity index (χ2v) is 6.11. The number of allylic oxidation sites excluding steroid dienone is 1. The van der Waals surface area contributed by atoms with Crippen LogP contribution in [0.2, 0.25) is 0 Å². The van der Waals surface area contributed by atoms with E-state index < -0.39 is 11.8 Å². The molecule has 2 atom stereocenters. The first-order valence-corrected chi connectivity index (χ1v) is 8.27. The van der Waals surface area contributed by atoms with Crippen LogP contribution >= 0.6 is 0 Å². The van der Waals surface area contributed by atoms with Gasteiger partial charge in [0, 0.05) is 22.4 Å². The molecule has 4 rings (SSSR count). The summed E-state index contributed by atoms with van der Waals surface area (Å²) < 4.78 is 10.8. The number of fused-ring (bicyclic) bond motifs is 2. The monoisotopic (exact) mass is 335 g/mol. The van der Waals surface area contributed by atoms with Crippen LogP contribution in [0.4, 0.5) is 0 Å². The van der Waals surface area contributed by atoms with Gasteiger partial charge in [0.2, 0.25) is 0 Å². The highest BCUT2D eigenvalue weighted by Crippen LogP contribution is 2.48. The van der Waals surface area contributed by atoms with Crippen molar-refractivity contribution in [2.75, 3.05) is 6.61 Å². The molecule has 0 N–H and O–H groups in total. The quantitative estimate of drug-likeness (QED) is 0.803. The number of hydrogen-bond donors (Lipinski definition) is 0. The molecule has 126 valence electrons. The topological polar surface area (TPSA) is 68.9 Å². The molecular formula is C20H17NO4.